The van der Waals surface area contributed by atoms with E-state index in [2.05, 4.69) is 36.4 Å². The Balaban J connectivity index is 4.34. The average Bonchev–Trinajstić information content (AvgIpc) is 3.33. The third kappa shape index (κ3) is 55.8. The van der Waals surface area contributed by atoms with Gasteiger partial charge in [0.1, 0.15) is 0 Å². The Morgan fingerprint density at radius 1 is 0.313 bits per heavy atom. The second kappa shape index (κ2) is 57.6. The van der Waals surface area contributed by atoms with Gasteiger partial charge >= 0.3 is 0 Å². The summed E-state index contributed by atoms with van der Waals surface area (Å²) in [4.78, 5) is 4.58. The number of unbranched alkanes of at least 4 members (excludes halogenated alkanes) is 39. The molecule has 67 heavy (non-hydrogen) atoms. The van der Waals surface area contributed by atoms with Gasteiger partial charge in [-0.15, -0.1) is 0 Å². The lowest BCUT2D eigenvalue weighted by Gasteiger charge is -2.19. The summed E-state index contributed by atoms with van der Waals surface area (Å²) in [5.41, 5.74) is 0. The summed E-state index contributed by atoms with van der Waals surface area (Å²) in [6.45, 7) is 10.2. The van der Waals surface area contributed by atoms with E-state index in [-0.39, 0.29) is 39.5 Å². The van der Waals surface area contributed by atoms with Crippen molar-refractivity contribution in [3.05, 3.63) is 0 Å². The van der Waals surface area contributed by atoms with Gasteiger partial charge < -0.3 is 40.2 Å². The van der Waals surface area contributed by atoms with Crippen LogP contribution < -0.4 is 10.6 Å². The number of aliphatic hydroxyl groups excluding tert-OH is 3. The molecule has 9 heteroatoms. The fourth-order valence-corrected chi connectivity index (χ4v) is 8.82. The second-order valence-corrected chi connectivity index (χ2v) is 20.4. The Labute approximate surface area is 417 Å². The summed E-state index contributed by atoms with van der Waals surface area (Å²) in [6, 6.07) is 0. The van der Waals surface area contributed by atoms with Crippen LogP contribution in [0, 0.1) is 0 Å². The first kappa shape index (κ1) is 66.0. The van der Waals surface area contributed by atoms with E-state index >= 15 is 0 Å². The topological polar surface area (TPSA) is 125 Å². The fourth-order valence-electron chi connectivity index (χ4n) is 8.82. The summed E-state index contributed by atoms with van der Waals surface area (Å²) in [5.74, 6) is 0.433. The van der Waals surface area contributed by atoms with Crippen molar-refractivity contribution in [3.63, 3.8) is 0 Å². The van der Waals surface area contributed by atoms with Gasteiger partial charge in [-0.1, -0.05) is 271 Å². The monoisotopic (exact) mass is 954 g/mol. The minimum absolute atomic E-state index is 0.158. The number of nitrogens with zero attached hydrogens (tertiary/aromatic N) is 1. The molecule has 3 unspecified atom stereocenters. The zero-order valence-electron chi connectivity index (χ0n) is 45.3. The second-order valence-electron chi connectivity index (χ2n) is 20.4. The lowest BCUT2D eigenvalue weighted by atomic mass is 10.0. The molecule has 3 atom stereocenters. The van der Waals surface area contributed by atoms with Crippen molar-refractivity contribution in [1.82, 2.24) is 10.6 Å². The highest BCUT2D eigenvalue weighted by Gasteiger charge is 2.11. The Kier molecular flexibility index (Phi) is 56.8. The normalized spacial score (nSPS) is 13.0. The molecule has 0 heterocycles. The van der Waals surface area contributed by atoms with Gasteiger partial charge in [0.25, 0.3) is 0 Å². The molecule has 0 aliphatic rings. The lowest BCUT2D eigenvalue weighted by molar-refractivity contribution is 0.0353. The zero-order chi connectivity index (χ0) is 48.6. The van der Waals surface area contributed by atoms with Crippen molar-refractivity contribution < 1.29 is 29.5 Å². The van der Waals surface area contributed by atoms with Crippen molar-refractivity contribution in [1.29, 1.82) is 0 Å². The highest BCUT2D eigenvalue weighted by Crippen LogP contribution is 2.16. The SMILES string of the molecule is CCCCCCCCCCCCCCCCOCC(O)CN=C(NCC(O)COCCCCCCCCCCCCCCCC)NCC(O)COCCCCCCCCCCCCCCCC. The first-order valence-electron chi connectivity index (χ1n) is 29.8. The summed E-state index contributed by atoms with van der Waals surface area (Å²) in [5, 5.41) is 38.4. The van der Waals surface area contributed by atoms with Gasteiger partial charge in [0.05, 0.1) is 44.7 Å². The number of nitrogens with one attached hydrogen (secondary N) is 2. The van der Waals surface area contributed by atoms with E-state index < -0.39 is 18.3 Å². The van der Waals surface area contributed by atoms with Gasteiger partial charge in [-0.2, -0.15) is 0 Å². The molecule has 0 aromatic carbocycles. The largest absolute Gasteiger partial charge is 0.389 e. The van der Waals surface area contributed by atoms with Crippen LogP contribution in [-0.4, -0.2) is 98.9 Å². The predicted molar refractivity (Wildman–Crippen MR) is 290 cm³/mol. The number of aliphatic imine (C=N–C) groups is 1. The molecule has 0 bridgehead atoms. The van der Waals surface area contributed by atoms with Crippen LogP contribution in [0.3, 0.4) is 0 Å². The molecule has 0 radical (unpaired) electrons. The van der Waals surface area contributed by atoms with Gasteiger partial charge in [-0.05, 0) is 19.3 Å². The molecule has 9 nitrogen and oxygen atoms in total. The lowest BCUT2D eigenvalue weighted by Crippen LogP contribution is -2.45. The van der Waals surface area contributed by atoms with Crippen molar-refractivity contribution >= 4 is 5.96 Å². The number of hydrogen-bond acceptors (Lipinski definition) is 7. The van der Waals surface area contributed by atoms with Crippen molar-refractivity contribution in [3.8, 4) is 0 Å². The highest BCUT2D eigenvalue weighted by atomic mass is 16.5. The van der Waals surface area contributed by atoms with Crippen LogP contribution in [0.2, 0.25) is 0 Å². The summed E-state index contributed by atoms with van der Waals surface area (Å²) in [7, 11) is 0. The van der Waals surface area contributed by atoms with E-state index in [1.54, 1.807) is 0 Å². The van der Waals surface area contributed by atoms with Crippen molar-refractivity contribution in [2.24, 2.45) is 4.99 Å². The van der Waals surface area contributed by atoms with Gasteiger partial charge in [-0.25, -0.2) is 0 Å². The number of guanidine groups is 1. The molecule has 402 valence electrons. The van der Waals surface area contributed by atoms with E-state index in [9.17, 15) is 15.3 Å². The van der Waals surface area contributed by atoms with Gasteiger partial charge in [0, 0.05) is 32.9 Å². The number of rotatable bonds is 57. The molecule has 0 rings (SSSR count). The molecular weight excluding hydrogens is 835 g/mol. The zero-order valence-corrected chi connectivity index (χ0v) is 45.3. The van der Waals surface area contributed by atoms with E-state index in [1.807, 2.05) is 0 Å². The van der Waals surface area contributed by atoms with Crippen LogP contribution >= 0.6 is 0 Å². The summed E-state index contributed by atoms with van der Waals surface area (Å²) in [6.07, 6.45) is 53.6. The first-order valence-corrected chi connectivity index (χ1v) is 29.8. The average molecular weight is 955 g/mol. The predicted octanol–water partition coefficient (Wildman–Crippen LogP) is 15.1. The van der Waals surface area contributed by atoms with E-state index in [0.29, 0.717) is 25.8 Å². The van der Waals surface area contributed by atoms with Crippen molar-refractivity contribution in [2.45, 2.75) is 309 Å². The summed E-state index contributed by atoms with van der Waals surface area (Å²) < 4.78 is 17.4. The first-order chi connectivity index (χ1) is 33.0. The maximum atomic E-state index is 10.7. The van der Waals surface area contributed by atoms with Crippen LogP contribution in [0.15, 0.2) is 4.99 Å². The third-order valence-electron chi connectivity index (χ3n) is 13.3. The van der Waals surface area contributed by atoms with Crippen LogP contribution in [-0.2, 0) is 14.2 Å². The molecule has 0 amide bonds. The highest BCUT2D eigenvalue weighted by molar-refractivity contribution is 5.79. The van der Waals surface area contributed by atoms with Crippen LogP contribution in [0.1, 0.15) is 290 Å². The standard InChI is InChI=1S/C58H119N3O6/c1-4-7-10-13-16-19-22-25-28-31-34-37-40-43-46-65-52-55(62)49-59-58(60-50-56(63)53-66-47-44-41-38-35-32-29-26-23-20-17-14-11-8-5-2)61-51-57(64)54-67-48-45-42-39-36-33-30-27-24-21-18-15-12-9-6-3/h55-57,62-64H,4-54H2,1-3H3,(H2,59,60,61). The molecule has 0 aromatic rings. The smallest absolute Gasteiger partial charge is 0.191 e. The number of aliphatic hydroxyl groups is 3. The van der Waals surface area contributed by atoms with Gasteiger partial charge in [0.2, 0.25) is 0 Å². The minimum Gasteiger partial charge on any atom is -0.389 e. The summed E-state index contributed by atoms with van der Waals surface area (Å²) >= 11 is 0. The molecule has 0 fully saturated rings. The molecular formula is C58H119N3O6. The van der Waals surface area contributed by atoms with Crippen LogP contribution in [0.25, 0.3) is 0 Å². The number of ether oxygens (including phenoxy) is 3. The molecule has 0 saturated heterocycles. The van der Waals surface area contributed by atoms with Gasteiger partial charge in [0.15, 0.2) is 5.96 Å². The molecule has 0 aliphatic carbocycles. The Morgan fingerprint density at radius 3 is 0.761 bits per heavy atom. The van der Waals surface area contributed by atoms with E-state index in [0.717, 1.165) is 19.3 Å². The maximum Gasteiger partial charge on any atom is 0.191 e. The quantitative estimate of drug-likeness (QED) is 0.0232. The molecule has 0 aromatic heterocycles. The van der Waals surface area contributed by atoms with E-state index in [1.165, 1.54) is 250 Å². The molecule has 5 N–H and O–H groups in total. The van der Waals surface area contributed by atoms with Gasteiger partial charge in [-0.3, -0.25) is 4.99 Å². The van der Waals surface area contributed by atoms with Crippen molar-refractivity contribution in [2.75, 3.05) is 59.3 Å². The third-order valence-corrected chi connectivity index (χ3v) is 13.3. The van der Waals surface area contributed by atoms with Crippen LogP contribution in [0.5, 0.6) is 0 Å². The number of hydrogen-bond donors (Lipinski definition) is 5. The minimum atomic E-state index is -0.734. The molecule has 0 saturated carbocycles. The Morgan fingerprint density at radius 2 is 0.522 bits per heavy atom. The molecule has 0 aliphatic heterocycles. The Bertz CT molecular complexity index is 896. The maximum absolute atomic E-state index is 10.7. The van der Waals surface area contributed by atoms with Crippen LogP contribution in [0.4, 0.5) is 0 Å². The Hall–Kier alpha value is -0.970. The fraction of sp³-hybridized carbons (Fsp3) is 0.983. The van der Waals surface area contributed by atoms with E-state index in [4.69, 9.17) is 14.2 Å². The molecule has 0 spiro atoms.